The van der Waals surface area contributed by atoms with E-state index in [1.807, 2.05) is 0 Å². The van der Waals surface area contributed by atoms with Gasteiger partial charge >= 0.3 is 0 Å². The van der Waals surface area contributed by atoms with Crippen LogP contribution in [0.25, 0.3) is 10.8 Å². The minimum absolute atomic E-state index is 0.826. The van der Waals surface area contributed by atoms with E-state index in [1.165, 1.54) is 29.2 Å². The van der Waals surface area contributed by atoms with Gasteiger partial charge in [0.15, 0.2) is 0 Å². The standard InChI is InChI=1S/C17H22O/c1-3-5-6-11-18-17-10-9-15-12-14(4-2)7-8-16(15)13-17/h7-10,12-13H,3-6,11H2,1-2H3. The van der Waals surface area contributed by atoms with Crippen LogP contribution in [0.5, 0.6) is 5.75 Å². The van der Waals surface area contributed by atoms with E-state index < -0.39 is 0 Å². The summed E-state index contributed by atoms with van der Waals surface area (Å²) in [5.74, 6) is 0.989. The van der Waals surface area contributed by atoms with Gasteiger partial charge < -0.3 is 4.74 Å². The lowest BCUT2D eigenvalue weighted by Gasteiger charge is -2.07. The molecule has 0 saturated carbocycles. The Morgan fingerprint density at radius 2 is 1.67 bits per heavy atom. The summed E-state index contributed by atoms with van der Waals surface area (Å²) in [5.41, 5.74) is 1.39. The van der Waals surface area contributed by atoms with Gasteiger partial charge in [-0.25, -0.2) is 0 Å². The van der Waals surface area contributed by atoms with E-state index in [2.05, 4.69) is 50.2 Å². The van der Waals surface area contributed by atoms with E-state index in [0.29, 0.717) is 0 Å². The Balaban J connectivity index is 2.08. The highest BCUT2D eigenvalue weighted by molar-refractivity contribution is 5.84. The third kappa shape index (κ3) is 3.25. The maximum atomic E-state index is 5.77. The number of hydrogen-bond donors (Lipinski definition) is 0. The van der Waals surface area contributed by atoms with Crippen LogP contribution >= 0.6 is 0 Å². The van der Waals surface area contributed by atoms with Gasteiger partial charge in [0.25, 0.3) is 0 Å². The summed E-state index contributed by atoms with van der Waals surface area (Å²) in [6, 6.07) is 13.0. The topological polar surface area (TPSA) is 9.23 Å². The highest BCUT2D eigenvalue weighted by atomic mass is 16.5. The molecule has 0 atom stereocenters. The second-order valence-electron chi connectivity index (χ2n) is 4.75. The van der Waals surface area contributed by atoms with E-state index >= 15 is 0 Å². The van der Waals surface area contributed by atoms with E-state index in [4.69, 9.17) is 4.74 Å². The van der Waals surface area contributed by atoms with Crippen molar-refractivity contribution in [2.24, 2.45) is 0 Å². The van der Waals surface area contributed by atoms with Crippen molar-refractivity contribution in [1.29, 1.82) is 0 Å². The zero-order valence-corrected chi connectivity index (χ0v) is 11.4. The summed E-state index contributed by atoms with van der Waals surface area (Å²) >= 11 is 0. The number of unbranched alkanes of at least 4 members (excludes halogenated alkanes) is 2. The number of hydrogen-bond acceptors (Lipinski definition) is 1. The predicted molar refractivity (Wildman–Crippen MR) is 78.3 cm³/mol. The number of fused-ring (bicyclic) bond motifs is 1. The zero-order chi connectivity index (χ0) is 12.8. The number of aryl methyl sites for hydroxylation is 1. The average molecular weight is 242 g/mol. The van der Waals surface area contributed by atoms with Gasteiger partial charge in [0.2, 0.25) is 0 Å². The maximum Gasteiger partial charge on any atom is 0.119 e. The Kier molecular flexibility index (Phi) is 4.63. The molecular weight excluding hydrogens is 220 g/mol. The molecule has 0 heterocycles. The Hall–Kier alpha value is -1.50. The zero-order valence-electron chi connectivity index (χ0n) is 11.4. The molecule has 0 aromatic heterocycles. The summed E-state index contributed by atoms with van der Waals surface area (Å²) in [5, 5.41) is 2.57. The molecule has 1 heteroatoms. The molecule has 1 nitrogen and oxygen atoms in total. The lowest BCUT2D eigenvalue weighted by molar-refractivity contribution is 0.306. The Bertz CT molecular complexity index is 502. The van der Waals surface area contributed by atoms with Crippen LogP contribution in [-0.4, -0.2) is 6.61 Å². The smallest absolute Gasteiger partial charge is 0.119 e. The highest BCUT2D eigenvalue weighted by Crippen LogP contribution is 2.22. The van der Waals surface area contributed by atoms with Gasteiger partial charge in [0, 0.05) is 0 Å². The molecule has 0 unspecified atom stereocenters. The molecule has 0 bridgehead atoms. The van der Waals surface area contributed by atoms with Crippen molar-refractivity contribution in [3.05, 3.63) is 42.0 Å². The molecule has 0 amide bonds. The Morgan fingerprint density at radius 1 is 0.889 bits per heavy atom. The number of ether oxygens (including phenoxy) is 1. The monoisotopic (exact) mass is 242 g/mol. The highest BCUT2D eigenvalue weighted by Gasteiger charge is 1.99. The summed E-state index contributed by atoms with van der Waals surface area (Å²) < 4.78 is 5.77. The largest absolute Gasteiger partial charge is 0.494 e. The lowest BCUT2D eigenvalue weighted by atomic mass is 10.1. The second kappa shape index (κ2) is 6.44. The predicted octanol–water partition coefficient (Wildman–Crippen LogP) is 4.97. The molecule has 2 rings (SSSR count). The fourth-order valence-corrected chi connectivity index (χ4v) is 2.13. The van der Waals surface area contributed by atoms with E-state index in [1.54, 1.807) is 0 Å². The lowest BCUT2D eigenvalue weighted by Crippen LogP contribution is -1.96. The summed E-state index contributed by atoms with van der Waals surface area (Å²) in [6.45, 7) is 5.22. The van der Waals surface area contributed by atoms with Crippen molar-refractivity contribution in [1.82, 2.24) is 0 Å². The third-order valence-electron chi connectivity index (χ3n) is 3.30. The third-order valence-corrected chi connectivity index (χ3v) is 3.30. The van der Waals surface area contributed by atoms with E-state index in [9.17, 15) is 0 Å². The fourth-order valence-electron chi connectivity index (χ4n) is 2.13. The second-order valence-corrected chi connectivity index (χ2v) is 4.75. The fraction of sp³-hybridized carbons (Fsp3) is 0.412. The molecule has 0 aliphatic carbocycles. The molecule has 0 spiro atoms. The molecule has 0 aliphatic heterocycles. The Morgan fingerprint density at radius 3 is 2.44 bits per heavy atom. The van der Waals surface area contributed by atoms with Crippen LogP contribution in [0, 0.1) is 0 Å². The molecule has 0 aliphatic rings. The first-order valence-electron chi connectivity index (χ1n) is 6.99. The van der Waals surface area contributed by atoms with Gasteiger partial charge in [-0.1, -0.05) is 51.0 Å². The van der Waals surface area contributed by atoms with E-state index in [0.717, 1.165) is 25.2 Å². The van der Waals surface area contributed by atoms with Crippen LogP contribution in [0.2, 0.25) is 0 Å². The first-order valence-corrected chi connectivity index (χ1v) is 6.99. The Labute approximate surface area is 110 Å². The van der Waals surface area contributed by atoms with Crippen LogP contribution < -0.4 is 4.74 Å². The van der Waals surface area contributed by atoms with Crippen molar-refractivity contribution < 1.29 is 4.74 Å². The minimum atomic E-state index is 0.826. The number of rotatable bonds is 6. The SMILES string of the molecule is CCCCCOc1ccc2cc(CC)ccc2c1. The van der Waals surface area contributed by atoms with Crippen LogP contribution in [0.4, 0.5) is 0 Å². The summed E-state index contributed by atoms with van der Waals surface area (Å²) in [7, 11) is 0. The molecule has 0 N–H and O–H groups in total. The molecule has 0 saturated heterocycles. The molecule has 2 aromatic carbocycles. The van der Waals surface area contributed by atoms with Crippen molar-refractivity contribution in [2.75, 3.05) is 6.61 Å². The van der Waals surface area contributed by atoms with E-state index in [-0.39, 0.29) is 0 Å². The quantitative estimate of drug-likeness (QED) is 0.650. The summed E-state index contributed by atoms with van der Waals surface area (Å²) in [6.07, 6.45) is 4.71. The minimum Gasteiger partial charge on any atom is -0.494 e. The number of benzene rings is 2. The van der Waals surface area contributed by atoms with Gasteiger partial charge in [-0.2, -0.15) is 0 Å². The van der Waals surface area contributed by atoms with Crippen LogP contribution in [0.3, 0.4) is 0 Å². The molecule has 0 fully saturated rings. The normalized spacial score (nSPS) is 10.8. The van der Waals surface area contributed by atoms with Crippen LogP contribution in [0.1, 0.15) is 38.7 Å². The molecule has 2 aromatic rings. The van der Waals surface area contributed by atoms with Gasteiger partial charge in [0.05, 0.1) is 6.61 Å². The molecule has 18 heavy (non-hydrogen) atoms. The van der Waals surface area contributed by atoms with Gasteiger partial charge in [0.1, 0.15) is 5.75 Å². The molecule has 0 radical (unpaired) electrons. The van der Waals surface area contributed by atoms with Crippen LogP contribution in [-0.2, 0) is 6.42 Å². The van der Waals surface area contributed by atoms with Crippen molar-refractivity contribution in [2.45, 2.75) is 39.5 Å². The molecule has 96 valence electrons. The van der Waals surface area contributed by atoms with Gasteiger partial charge in [-0.05, 0) is 41.3 Å². The first-order chi connectivity index (χ1) is 8.83. The van der Waals surface area contributed by atoms with Gasteiger partial charge in [-0.3, -0.25) is 0 Å². The average Bonchev–Trinajstić information content (AvgIpc) is 2.43. The van der Waals surface area contributed by atoms with Gasteiger partial charge in [-0.15, -0.1) is 0 Å². The first kappa shape index (κ1) is 12.9. The van der Waals surface area contributed by atoms with Crippen LogP contribution in [0.15, 0.2) is 36.4 Å². The van der Waals surface area contributed by atoms with Crippen molar-refractivity contribution in [3.8, 4) is 5.75 Å². The van der Waals surface area contributed by atoms with Crippen molar-refractivity contribution in [3.63, 3.8) is 0 Å². The maximum absolute atomic E-state index is 5.77. The van der Waals surface area contributed by atoms with Crippen molar-refractivity contribution >= 4 is 10.8 Å². The summed E-state index contributed by atoms with van der Waals surface area (Å²) in [4.78, 5) is 0. The molecular formula is C17H22O.